The lowest BCUT2D eigenvalue weighted by Crippen LogP contribution is -2.35. The predicted octanol–water partition coefficient (Wildman–Crippen LogP) is 6.72. The molecule has 0 radical (unpaired) electrons. The van der Waals surface area contributed by atoms with E-state index in [0.29, 0.717) is 55.3 Å². The number of methoxy groups -OCH3 is 1. The minimum absolute atomic E-state index is 0.0388. The Kier molecular flexibility index (Phi) is 8.38. The van der Waals surface area contributed by atoms with Gasteiger partial charge >= 0.3 is 0 Å². The van der Waals surface area contributed by atoms with E-state index in [1.54, 1.807) is 19.4 Å². The number of amides is 2. The Hall–Kier alpha value is -4.65. The molecule has 1 saturated carbocycles. The van der Waals surface area contributed by atoms with Crippen LogP contribution in [0.2, 0.25) is 0 Å². The molecule has 2 amide bonds. The predicted molar refractivity (Wildman–Crippen MR) is 163 cm³/mol. The number of benzene rings is 2. The summed E-state index contributed by atoms with van der Waals surface area (Å²) in [6.45, 7) is 1.89. The van der Waals surface area contributed by atoms with Crippen molar-refractivity contribution in [3.05, 3.63) is 90.3 Å². The van der Waals surface area contributed by atoms with Crippen molar-refractivity contribution in [3.63, 3.8) is 0 Å². The number of halogens is 2. The SMILES string of the molecule is COCCNCc1ccc(-c2cc3nccc(Oc4ccc(NC(=O)C5(C(=O)Nc6ccc(F)cc6)CC5)cc4F)c3s2)o1. The van der Waals surface area contributed by atoms with Crippen molar-refractivity contribution < 1.29 is 32.3 Å². The second-order valence-corrected chi connectivity index (χ2v) is 11.4. The minimum Gasteiger partial charge on any atom is -0.459 e. The van der Waals surface area contributed by atoms with Gasteiger partial charge in [-0.25, -0.2) is 8.78 Å². The zero-order valence-corrected chi connectivity index (χ0v) is 24.4. The smallest absolute Gasteiger partial charge is 0.240 e. The lowest BCUT2D eigenvalue weighted by atomic mass is 10.0. The molecule has 1 aliphatic carbocycles. The fourth-order valence-electron chi connectivity index (χ4n) is 4.60. The van der Waals surface area contributed by atoms with Gasteiger partial charge < -0.3 is 29.8 Å². The van der Waals surface area contributed by atoms with Crippen molar-refractivity contribution in [1.82, 2.24) is 10.3 Å². The summed E-state index contributed by atoms with van der Waals surface area (Å²) in [7, 11) is 1.65. The molecule has 3 N–H and O–H groups in total. The van der Waals surface area contributed by atoms with Crippen molar-refractivity contribution >= 4 is 44.7 Å². The maximum atomic E-state index is 15.2. The van der Waals surface area contributed by atoms with Gasteiger partial charge in [0.1, 0.15) is 28.5 Å². The Morgan fingerprint density at radius 3 is 2.43 bits per heavy atom. The monoisotopic (exact) mass is 618 g/mol. The highest BCUT2D eigenvalue weighted by Gasteiger charge is 2.56. The highest BCUT2D eigenvalue weighted by molar-refractivity contribution is 7.22. The number of fused-ring (bicyclic) bond motifs is 1. The number of ether oxygens (including phenoxy) is 2. The van der Waals surface area contributed by atoms with Gasteiger partial charge in [0, 0.05) is 43.4 Å². The van der Waals surface area contributed by atoms with Crippen molar-refractivity contribution in [1.29, 1.82) is 0 Å². The molecule has 1 fully saturated rings. The Morgan fingerprint density at radius 1 is 0.955 bits per heavy atom. The van der Waals surface area contributed by atoms with Crippen LogP contribution in [0.25, 0.3) is 20.9 Å². The Morgan fingerprint density at radius 2 is 1.70 bits per heavy atom. The Balaban J connectivity index is 1.12. The van der Waals surface area contributed by atoms with Gasteiger partial charge in [0.25, 0.3) is 0 Å². The van der Waals surface area contributed by atoms with Crippen LogP contribution < -0.4 is 20.7 Å². The number of thiophene rings is 1. The van der Waals surface area contributed by atoms with Crippen molar-refractivity contribution in [3.8, 4) is 22.1 Å². The van der Waals surface area contributed by atoms with Gasteiger partial charge in [0.2, 0.25) is 11.8 Å². The van der Waals surface area contributed by atoms with Crippen LogP contribution >= 0.6 is 11.3 Å². The van der Waals surface area contributed by atoms with Crippen LogP contribution in [0.4, 0.5) is 20.2 Å². The second-order valence-electron chi connectivity index (χ2n) is 10.3. The van der Waals surface area contributed by atoms with E-state index in [9.17, 15) is 14.0 Å². The zero-order chi connectivity index (χ0) is 30.7. The summed E-state index contributed by atoms with van der Waals surface area (Å²) in [5.41, 5.74) is -0.0264. The lowest BCUT2D eigenvalue weighted by molar-refractivity contribution is -0.131. The van der Waals surface area contributed by atoms with Crippen molar-refractivity contribution in [2.45, 2.75) is 19.4 Å². The highest BCUT2D eigenvalue weighted by atomic mass is 32.1. The maximum absolute atomic E-state index is 15.2. The Labute approximate surface area is 255 Å². The quantitative estimate of drug-likeness (QED) is 0.105. The summed E-state index contributed by atoms with van der Waals surface area (Å²) in [5, 5.41) is 8.53. The highest BCUT2D eigenvalue weighted by Crippen LogP contribution is 2.48. The van der Waals surface area contributed by atoms with E-state index in [2.05, 4.69) is 20.9 Å². The summed E-state index contributed by atoms with van der Waals surface area (Å²) in [6, 6.07) is 16.7. The van der Waals surface area contributed by atoms with E-state index in [0.717, 1.165) is 21.4 Å². The molecule has 0 unspecified atom stereocenters. The van der Waals surface area contributed by atoms with E-state index in [4.69, 9.17) is 13.9 Å². The van der Waals surface area contributed by atoms with Gasteiger partial charge in [-0.3, -0.25) is 14.6 Å². The summed E-state index contributed by atoms with van der Waals surface area (Å²) in [5.74, 6) is -0.311. The van der Waals surface area contributed by atoms with Crippen molar-refractivity contribution in [2.24, 2.45) is 5.41 Å². The number of aromatic nitrogens is 1. The molecule has 226 valence electrons. The molecule has 3 heterocycles. The van der Waals surface area contributed by atoms with E-state index < -0.39 is 28.9 Å². The third kappa shape index (κ3) is 6.32. The first kappa shape index (κ1) is 29.4. The molecule has 0 saturated heterocycles. The molecule has 1 aliphatic rings. The number of rotatable bonds is 12. The van der Waals surface area contributed by atoms with Crippen molar-refractivity contribution in [2.75, 3.05) is 30.9 Å². The molecule has 12 heteroatoms. The lowest BCUT2D eigenvalue weighted by Gasteiger charge is -2.16. The standard InChI is InChI=1S/C32H28F2N4O5S/c1-41-15-14-35-18-22-7-9-26(42-22)28-17-24-29(44-28)27(10-13-36-24)43-25-8-6-21(16-23(25)34)38-31(40)32(11-12-32)30(39)37-20-4-2-19(33)3-5-20/h2-10,13,16-17,35H,11-12,14-15,18H2,1H3,(H,37,39)(H,38,40). The number of pyridine rings is 1. The van der Waals surface area contributed by atoms with Crippen LogP contribution in [-0.2, 0) is 20.9 Å². The maximum Gasteiger partial charge on any atom is 0.240 e. The van der Waals surface area contributed by atoms with E-state index >= 15 is 4.39 Å². The first-order chi connectivity index (χ1) is 21.3. The summed E-state index contributed by atoms with van der Waals surface area (Å²) in [4.78, 5) is 31.1. The molecule has 0 spiro atoms. The molecule has 2 aromatic carbocycles. The summed E-state index contributed by atoms with van der Waals surface area (Å²) >= 11 is 1.41. The number of furan rings is 1. The fraction of sp³-hybridized carbons (Fsp3) is 0.219. The van der Waals surface area contributed by atoms with Crippen LogP contribution in [0.3, 0.4) is 0 Å². The number of carbonyl (C=O) groups excluding carboxylic acids is 2. The first-order valence-electron chi connectivity index (χ1n) is 13.9. The number of hydrogen-bond acceptors (Lipinski definition) is 8. The average Bonchev–Trinajstić information content (AvgIpc) is 3.50. The molecule has 6 rings (SSSR count). The largest absolute Gasteiger partial charge is 0.459 e. The summed E-state index contributed by atoms with van der Waals surface area (Å²) < 4.78 is 46.0. The number of nitrogens with one attached hydrogen (secondary N) is 3. The van der Waals surface area contributed by atoms with Gasteiger partial charge in [-0.15, -0.1) is 11.3 Å². The molecule has 3 aromatic heterocycles. The first-order valence-corrected chi connectivity index (χ1v) is 14.7. The van der Waals surface area contributed by atoms with Crippen LogP contribution in [0.1, 0.15) is 18.6 Å². The molecule has 0 aliphatic heterocycles. The van der Waals surface area contributed by atoms with Gasteiger partial charge in [0.05, 0.1) is 28.2 Å². The molecule has 9 nitrogen and oxygen atoms in total. The average molecular weight is 619 g/mol. The van der Waals surface area contributed by atoms with Gasteiger partial charge in [-0.1, -0.05) is 0 Å². The molecular weight excluding hydrogens is 590 g/mol. The third-order valence-electron chi connectivity index (χ3n) is 7.19. The molecule has 0 atom stereocenters. The fourth-order valence-corrected chi connectivity index (χ4v) is 5.63. The number of carbonyl (C=O) groups is 2. The van der Waals surface area contributed by atoms with Crippen LogP contribution in [0.5, 0.6) is 11.5 Å². The minimum atomic E-state index is -1.27. The number of nitrogens with zero attached hydrogens (tertiary/aromatic N) is 1. The van der Waals surface area contributed by atoms with Crippen LogP contribution in [0, 0.1) is 17.0 Å². The third-order valence-corrected chi connectivity index (χ3v) is 8.35. The molecular formula is C32H28F2N4O5S. The molecule has 5 aromatic rings. The number of anilines is 2. The van der Waals surface area contributed by atoms with E-state index in [1.807, 2.05) is 18.2 Å². The van der Waals surface area contributed by atoms with E-state index in [1.165, 1.54) is 47.7 Å². The Bertz CT molecular complexity index is 1820. The number of hydrogen-bond donors (Lipinski definition) is 3. The van der Waals surface area contributed by atoms with Gasteiger partial charge in [-0.2, -0.15) is 0 Å². The van der Waals surface area contributed by atoms with Gasteiger partial charge in [-0.05, 0) is 67.4 Å². The van der Waals surface area contributed by atoms with Crippen LogP contribution in [0.15, 0.2) is 77.3 Å². The second kappa shape index (κ2) is 12.5. The molecule has 44 heavy (non-hydrogen) atoms. The van der Waals surface area contributed by atoms with Gasteiger partial charge in [0.15, 0.2) is 11.6 Å². The zero-order valence-electron chi connectivity index (χ0n) is 23.6. The summed E-state index contributed by atoms with van der Waals surface area (Å²) in [6.07, 6.45) is 2.28. The topological polar surface area (TPSA) is 115 Å². The van der Waals surface area contributed by atoms with E-state index in [-0.39, 0.29) is 11.4 Å². The molecule has 0 bridgehead atoms. The normalized spacial score (nSPS) is 13.5. The van der Waals surface area contributed by atoms with Crippen LogP contribution in [-0.4, -0.2) is 37.1 Å².